The van der Waals surface area contributed by atoms with E-state index in [1.807, 2.05) is 55.3 Å². The average molecular weight is 377 g/mol. The maximum absolute atomic E-state index is 11.7. The molecule has 3 rings (SSSR count). The van der Waals surface area contributed by atoms with E-state index >= 15 is 0 Å². The first-order valence-corrected chi connectivity index (χ1v) is 9.70. The summed E-state index contributed by atoms with van der Waals surface area (Å²) in [7, 11) is 1.93. The molecule has 0 heterocycles. The van der Waals surface area contributed by atoms with Crippen LogP contribution in [0, 0.1) is 0 Å². The van der Waals surface area contributed by atoms with Crippen molar-refractivity contribution in [1.29, 1.82) is 0 Å². The number of nitrogens with zero attached hydrogens (tertiary/aromatic N) is 1. The predicted molar refractivity (Wildman–Crippen MR) is 113 cm³/mol. The Bertz CT molecular complexity index is 895. The van der Waals surface area contributed by atoms with Gasteiger partial charge in [-0.25, -0.2) is 0 Å². The van der Waals surface area contributed by atoms with E-state index in [2.05, 4.69) is 36.4 Å². The molecule has 0 aliphatic heterocycles. The number of hydrogen-bond donors (Lipinski definition) is 0. The van der Waals surface area contributed by atoms with Crippen LogP contribution < -0.4 is 4.74 Å². The van der Waals surface area contributed by atoms with Gasteiger partial charge in [0.2, 0.25) is 0 Å². The molecule has 0 amide bonds. The molecule has 0 aromatic heterocycles. The number of fused-ring (bicyclic) bond motifs is 1. The number of rotatable bonds is 9. The van der Waals surface area contributed by atoms with E-state index in [4.69, 9.17) is 9.47 Å². The quantitative estimate of drug-likeness (QED) is 0.500. The summed E-state index contributed by atoms with van der Waals surface area (Å²) in [6, 6.07) is 24.6. The minimum absolute atomic E-state index is 0.0907. The molecule has 0 fully saturated rings. The van der Waals surface area contributed by atoms with Gasteiger partial charge < -0.3 is 9.47 Å². The Labute approximate surface area is 166 Å². The third-order valence-corrected chi connectivity index (χ3v) is 4.65. The fourth-order valence-corrected chi connectivity index (χ4v) is 3.21. The van der Waals surface area contributed by atoms with Crippen molar-refractivity contribution in [1.82, 2.24) is 4.90 Å². The summed E-state index contributed by atoms with van der Waals surface area (Å²) in [6.45, 7) is 3.24. The molecule has 0 bridgehead atoms. The Hall–Kier alpha value is -2.85. The first-order valence-electron chi connectivity index (χ1n) is 9.70. The highest BCUT2D eigenvalue weighted by Gasteiger charge is 2.16. The second kappa shape index (κ2) is 9.90. The molecular formula is C24H27NO3. The van der Waals surface area contributed by atoms with Crippen LogP contribution >= 0.6 is 0 Å². The van der Waals surface area contributed by atoms with E-state index in [1.54, 1.807) is 0 Å². The minimum atomic E-state index is -0.197. The summed E-state index contributed by atoms with van der Waals surface area (Å²) in [5.74, 6) is 0.650. The first kappa shape index (κ1) is 19.9. The Kier molecular flexibility index (Phi) is 7.04. The molecule has 0 spiro atoms. The number of likely N-dealkylation sites (N-methyl/N-ethyl adjacent to an activating group) is 1. The van der Waals surface area contributed by atoms with Gasteiger partial charge in [0.25, 0.3) is 0 Å². The van der Waals surface area contributed by atoms with Gasteiger partial charge in [0.05, 0.1) is 13.2 Å². The van der Waals surface area contributed by atoms with Crippen LogP contribution in [0.25, 0.3) is 10.8 Å². The largest absolute Gasteiger partial charge is 0.486 e. The summed E-state index contributed by atoms with van der Waals surface area (Å²) in [4.78, 5) is 13.7. The highest BCUT2D eigenvalue weighted by Crippen LogP contribution is 2.28. The fourth-order valence-electron chi connectivity index (χ4n) is 3.21. The van der Waals surface area contributed by atoms with Crippen LogP contribution in [0.1, 0.15) is 25.0 Å². The molecule has 0 N–H and O–H groups in total. The maximum atomic E-state index is 11.7. The SMILES string of the molecule is CCOC(=O)CN(C)CCC(Oc1ccc2ccccc2c1)c1ccccc1. The van der Waals surface area contributed by atoms with Crippen molar-refractivity contribution in [2.75, 3.05) is 26.7 Å². The van der Waals surface area contributed by atoms with Gasteiger partial charge in [-0.3, -0.25) is 9.69 Å². The molecule has 1 atom stereocenters. The van der Waals surface area contributed by atoms with Crippen molar-refractivity contribution >= 4 is 16.7 Å². The molecule has 3 aromatic rings. The van der Waals surface area contributed by atoms with E-state index in [9.17, 15) is 4.79 Å². The van der Waals surface area contributed by atoms with Crippen molar-refractivity contribution in [3.63, 3.8) is 0 Å². The van der Waals surface area contributed by atoms with Crippen LogP contribution in [0.2, 0.25) is 0 Å². The second-order valence-electron chi connectivity index (χ2n) is 6.86. The summed E-state index contributed by atoms with van der Waals surface area (Å²) in [5, 5.41) is 2.35. The molecule has 0 radical (unpaired) electrons. The van der Waals surface area contributed by atoms with Gasteiger partial charge in [-0.15, -0.1) is 0 Å². The molecule has 0 saturated heterocycles. The molecule has 4 nitrogen and oxygen atoms in total. The third kappa shape index (κ3) is 5.57. The summed E-state index contributed by atoms with van der Waals surface area (Å²) < 4.78 is 11.4. The van der Waals surface area contributed by atoms with Crippen molar-refractivity contribution < 1.29 is 14.3 Å². The number of ether oxygens (including phenoxy) is 2. The van der Waals surface area contributed by atoms with Gasteiger partial charge in [-0.2, -0.15) is 0 Å². The van der Waals surface area contributed by atoms with Crippen molar-refractivity contribution in [2.24, 2.45) is 0 Å². The van der Waals surface area contributed by atoms with Crippen LogP contribution in [0.15, 0.2) is 72.8 Å². The Morgan fingerprint density at radius 2 is 1.68 bits per heavy atom. The third-order valence-electron chi connectivity index (χ3n) is 4.65. The number of carbonyl (C=O) groups is 1. The van der Waals surface area contributed by atoms with Gasteiger partial charge in [-0.05, 0) is 42.4 Å². The molecule has 4 heteroatoms. The Balaban J connectivity index is 1.71. The van der Waals surface area contributed by atoms with E-state index < -0.39 is 0 Å². The van der Waals surface area contributed by atoms with E-state index in [1.165, 1.54) is 5.39 Å². The maximum Gasteiger partial charge on any atom is 0.320 e. The zero-order chi connectivity index (χ0) is 19.8. The van der Waals surface area contributed by atoms with Crippen molar-refractivity contribution in [2.45, 2.75) is 19.4 Å². The standard InChI is InChI=1S/C24H27NO3/c1-3-27-24(26)18-25(2)16-15-23(20-10-5-4-6-11-20)28-22-14-13-19-9-7-8-12-21(19)17-22/h4-14,17,23H,3,15-16,18H2,1-2H3. The molecule has 0 aliphatic rings. The lowest BCUT2D eigenvalue weighted by Gasteiger charge is -2.23. The highest BCUT2D eigenvalue weighted by atomic mass is 16.5. The van der Waals surface area contributed by atoms with Gasteiger partial charge in [-0.1, -0.05) is 60.7 Å². The Morgan fingerprint density at radius 3 is 2.43 bits per heavy atom. The number of esters is 1. The summed E-state index contributed by atoms with van der Waals surface area (Å²) in [5.41, 5.74) is 1.13. The Morgan fingerprint density at radius 1 is 0.964 bits per heavy atom. The smallest absolute Gasteiger partial charge is 0.320 e. The molecule has 0 aliphatic carbocycles. The molecule has 146 valence electrons. The van der Waals surface area contributed by atoms with Crippen LogP contribution in [0.4, 0.5) is 0 Å². The minimum Gasteiger partial charge on any atom is -0.486 e. The lowest BCUT2D eigenvalue weighted by Crippen LogP contribution is -2.29. The molecule has 28 heavy (non-hydrogen) atoms. The van der Waals surface area contributed by atoms with E-state index in [0.717, 1.165) is 29.7 Å². The van der Waals surface area contributed by atoms with Crippen LogP contribution in [-0.2, 0) is 9.53 Å². The van der Waals surface area contributed by atoms with Crippen LogP contribution in [-0.4, -0.2) is 37.6 Å². The molecule has 1 unspecified atom stereocenters. The van der Waals surface area contributed by atoms with E-state index in [-0.39, 0.29) is 18.6 Å². The normalized spacial score (nSPS) is 12.1. The fraction of sp³-hybridized carbons (Fsp3) is 0.292. The predicted octanol–water partition coefficient (Wildman–Crippen LogP) is 4.84. The van der Waals surface area contributed by atoms with E-state index in [0.29, 0.717) is 6.61 Å². The lowest BCUT2D eigenvalue weighted by atomic mass is 10.1. The van der Waals surface area contributed by atoms with Crippen molar-refractivity contribution in [3.05, 3.63) is 78.4 Å². The van der Waals surface area contributed by atoms with Crippen LogP contribution in [0.3, 0.4) is 0 Å². The van der Waals surface area contributed by atoms with Crippen molar-refractivity contribution in [3.8, 4) is 5.75 Å². The monoisotopic (exact) mass is 377 g/mol. The zero-order valence-electron chi connectivity index (χ0n) is 16.5. The highest BCUT2D eigenvalue weighted by molar-refractivity contribution is 5.83. The number of carbonyl (C=O) groups excluding carboxylic acids is 1. The second-order valence-corrected chi connectivity index (χ2v) is 6.86. The zero-order valence-corrected chi connectivity index (χ0v) is 16.5. The molecule has 3 aromatic carbocycles. The van der Waals surface area contributed by atoms with Gasteiger partial charge >= 0.3 is 5.97 Å². The molecular weight excluding hydrogens is 350 g/mol. The van der Waals surface area contributed by atoms with Gasteiger partial charge in [0.1, 0.15) is 11.9 Å². The summed E-state index contributed by atoms with van der Waals surface area (Å²) >= 11 is 0. The molecule has 0 saturated carbocycles. The van der Waals surface area contributed by atoms with Gasteiger partial charge in [0, 0.05) is 13.0 Å². The lowest BCUT2D eigenvalue weighted by molar-refractivity contribution is -0.144. The first-order chi connectivity index (χ1) is 13.7. The topological polar surface area (TPSA) is 38.8 Å². The van der Waals surface area contributed by atoms with Gasteiger partial charge in [0.15, 0.2) is 0 Å². The number of benzene rings is 3. The summed E-state index contributed by atoms with van der Waals surface area (Å²) in [6.07, 6.45) is 0.680. The average Bonchev–Trinajstić information content (AvgIpc) is 2.71. The van der Waals surface area contributed by atoms with Crippen LogP contribution in [0.5, 0.6) is 5.75 Å². The number of hydrogen-bond acceptors (Lipinski definition) is 4.